The average Bonchev–Trinajstić information content (AvgIpc) is 2.59. The van der Waals surface area contributed by atoms with Gasteiger partial charge in [-0.15, -0.1) is 11.8 Å². The molecule has 0 saturated heterocycles. The molecule has 5 nitrogen and oxygen atoms in total. The highest BCUT2D eigenvalue weighted by molar-refractivity contribution is 7.99. The van der Waals surface area contributed by atoms with Gasteiger partial charge in [0.2, 0.25) is 0 Å². The molecule has 0 heterocycles. The van der Waals surface area contributed by atoms with E-state index in [1.807, 2.05) is 36.9 Å². The third-order valence-electron chi connectivity index (χ3n) is 3.18. The van der Waals surface area contributed by atoms with Crippen molar-refractivity contribution in [3.05, 3.63) is 24.3 Å². The molecule has 1 aromatic carbocycles. The van der Waals surface area contributed by atoms with Crippen molar-refractivity contribution in [3.63, 3.8) is 0 Å². The van der Waals surface area contributed by atoms with Crippen LogP contribution in [0.3, 0.4) is 0 Å². The van der Waals surface area contributed by atoms with Crippen LogP contribution < -0.4 is 15.4 Å². The van der Waals surface area contributed by atoms with Crippen molar-refractivity contribution in [2.45, 2.75) is 18.7 Å². The van der Waals surface area contributed by atoms with Gasteiger partial charge in [0.1, 0.15) is 5.75 Å². The van der Waals surface area contributed by atoms with Crippen LogP contribution in [-0.4, -0.2) is 52.2 Å². The van der Waals surface area contributed by atoms with Crippen LogP contribution in [-0.2, 0) is 4.74 Å². The lowest BCUT2D eigenvalue weighted by molar-refractivity contribution is 0.152. The average molecular weight is 340 g/mol. The first-order valence-electron chi connectivity index (χ1n) is 7.99. The number of methoxy groups -OCH3 is 1. The molecular weight excluding hydrogens is 310 g/mol. The first-order chi connectivity index (χ1) is 11.2. The summed E-state index contributed by atoms with van der Waals surface area (Å²) in [4.78, 5) is 5.40. The van der Waals surface area contributed by atoms with Crippen LogP contribution in [0.5, 0.6) is 5.75 Å². The molecule has 0 aliphatic heterocycles. The van der Waals surface area contributed by atoms with Crippen LogP contribution in [0.2, 0.25) is 0 Å². The molecule has 0 bridgehead atoms. The van der Waals surface area contributed by atoms with E-state index >= 15 is 0 Å². The lowest BCUT2D eigenvalue weighted by Crippen LogP contribution is -2.41. The number of hydrogen-bond acceptors (Lipinski definition) is 4. The maximum atomic E-state index is 5.38. The molecule has 0 aromatic heterocycles. The van der Waals surface area contributed by atoms with Crippen LogP contribution in [0.4, 0.5) is 0 Å². The summed E-state index contributed by atoms with van der Waals surface area (Å²) in [6.07, 6.45) is 0. The minimum absolute atomic E-state index is 0.510. The van der Waals surface area contributed by atoms with Gasteiger partial charge in [-0.05, 0) is 25.0 Å². The first-order valence-corrected chi connectivity index (χ1v) is 8.97. The number of thioether (sulfide) groups is 1. The lowest BCUT2D eigenvalue weighted by atomic mass is 10.2. The second-order valence-electron chi connectivity index (χ2n) is 5.14. The van der Waals surface area contributed by atoms with Crippen LogP contribution in [0.1, 0.15) is 13.8 Å². The molecule has 0 saturated carbocycles. The van der Waals surface area contributed by atoms with Crippen molar-refractivity contribution in [1.29, 1.82) is 0 Å². The van der Waals surface area contributed by atoms with Crippen molar-refractivity contribution >= 4 is 17.7 Å². The van der Waals surface area contributed by atoms with Gasteiger partial charge in [0.15, 0.2) is 5.96 Å². The fraction of sp³-hybridized carbons (Fsp3) is 0.588. The van der Waals surface area contributed by atoms with Crippen molar-refractivity contribution < 1.29 is 9.47 Å². The topological polar surface area (TPSA) is 54.9 Å². The third-order valence-corrected chi connectivity index (χ3v) is 4.56. The molecule has 0 aliphatic carbocycles. The molecule has 23 heavy (non-hydrogen) atoms. The second kappa shape index (κ2) is 12.1. The summed E-state index contributed by atoms with van der Waals surface area (Å²) >= 11 is 1.82. The number of guanidine groups is 1. The highest BCUT2D eigenvalue weighted by Crippen LogP contribution is 2.29. The molecule has 0 radical (unpaired) electrons. The van der Waals surface area contributed by atoms with Gasteiger partial charge in [-0.2, -0.15) is 0 Å². The molecule has 1 aromatic rings. The van der Waals surface area contributed by atoms with Gasteiger partial charge in [-0.1, -0.05) is 19.1 Å². The largest absolute Gasteiger partial charge is 0.496 e. The Labute approximate surface area is 144 Å². The number of rotatable bonds is 10. The fourth-order valence-electron chi connectivity index (χ4n) is 1.91. The van der Waals surface area contributed by atoms with E-state index in [1.165, 1.54) is 4.90 Å². The Morgan fingerprint density at radius 2 is 2.09 bits per heavy atom. The van der Waals surface area contributed by atoms with Crippen molar-refractivity contribution in [2.75, 3.05) is 46.2 Å². The Morgan fingerprint density at radius 1 is 1.30 bits per heavy atom. The Morgan fingerprint density at radius 3 is 2.78 bits per heavy atom. The fourth-order valence-corrected chi connectivity index (χ4v) is 2.96. The normalized spacial score (nSPS) is 12.8. The summed E-state index contributed by atoms with van der Waals surface area (Å²) in [5.41, 5.74) is 0. The SMILES string of the molecule is CCOCCNC(=NC)NCC(C)CSc1ccccc1OC. The monoisotopic (exact) mass is 339 g/mol. The van der Waals surface area contributed by atoms with E-state index in [2.05, 4.69) is 28.6 Å². The van der Waals surface area contributed by atoms with E-state index in [0.29, 0.717) is 12.5 Å². The van der Waals surface area contributed by atoms with Crippen LogP contribution in [0.15, 0.2) is 34.2 Å². The van der Waals surface area contributed by atoms with Gasteiger partial charge in [0.05, 0.1) is 13.7 Å². The van der Waals surface area contributed by atoms with E-state index in [9.17, 15) is 0 Å². The Balaban J connectivity index is 2.28. The van der Waals surface area contributed by atoms with E-state index in [-0.39, 0.29) is 0 Å². The standard InChI is InChI=1S/C17H29N3O2S/c1-5-22-11-10-19-17(18-3)20-12-14(2)13-23-16-9-7-6-8-15(16)21-4/h6-9,14H,5,10-13H2,1-4H3,(H2,18,19,20). The smallest absolute Gasteiger partial charge is 0.191 e. The summed E-state index contributed by atoms with van der Waals surface area (Å²) in [5.74, 6) is 3.28. The molecule has 1 atom stereocenters. The maximum Gasteiger partial charge on any atom is 0.191 e. The van der Waals surface area contributed by atoms with E-state index in [1.54, 1.807) is 14.2 Å². The molecule has 6 heteroatoms. The van der Waals surface area contributed by atoms with Gasteiger partial charge >= 0.3 is 0 Å². The zero-order valence-electron chi connectivity index (χ0n) is 14.6. The number of para-hydroxylation sites is 1. The Bertz CT molecular complexity index is 469. The third kappa shape index (κ3) is 8.13. The first kappa shape index (κ1) is 19.6. The second-order valence-corrected chi connectivity index (χ2v) is 6.21. The summed E-state index contributed by atoms with van der Waals surface area (Å²) in [7, 11) is 3.49. The van der Waals surface area contributed by atoms with Crippen LogP contribution in [0.25, 0.3) is 0 Å². The molecule has 0 aliphatic rings. The number of hydrogen-bond donors (Lipinski definition) is 2. The van der Waals surface area contributed by atoms with E-state index < -0.39 is 0 Å². The minimum Gasteiger partial charge on any atom is -0.496 e. The van der Waals surface area contributed by atoms with Crippen molar-refractivity contribution in [1.82, 2.24) is 10.6 Å². The number of benzene rings is 1. The predicted molar refractivity (Wildman–Crippen MR) is 98.7 cm³/mol. The zero-order valence-corrected chi connectivity index (χ0v) is 15.4. The molecule has 130 valence electrons. The number of ether oxygens (including phenoxy) is 2. The summed E-state index contributed by atoms with van der Waals surface area (Å²) in [6.45, 7) is 7.28. The zero-order chi connectivity index (χ0) is 16.9. The Hall–Kier alpha value is -1.40. The van der Waals surface area contributed by atoms with Gasteiger partial charge in [0.25, 0.3) is 0 Å². The lowest BCUT2D eigenvalue weighted by Gasteiger charge is -2.16. The van der Waals surface area contributed by atoms with Gasteiger partial charge in [0, 0.05) is 37.4 Å². The molecule has 0 spiro atoms. The number of nitrogens with zero attached hydrogens (tertiary/aromatic N) is 1. The summed E-state index contributed by atoms with van der Waals surface area (Å²) in [5, 5.41) is 6.59. The quantitative estimate of drug-likeness (QED) is 0.297. The summed E-state index contributed by atoms with van der Waals surface area (Å²) in [6, 6.07) is 8.12. The van der Waals surface area contributed by atoms with E-state index in [0.717, 1.165) is 37.2 Å². The highest BCUT2D eigenvalue weighted by atomic mass is 32.2. The molecular formula is C17H29N3O2S. The number of nitrogens with one attached hydrogen (secondary N) is 2. The van der Waals surface area contributed by atoms with Crippen LogP contribution >= 0.6 is 11.8 Å². The van der Waals surface area contributed by atoms with E-state index in [4.69, 9.17) is 9.47 Å². The predicted octanol–water partition coefficient (Wildman–Crippen LogP) is 2.62. The molecule has 1 rings (SSSR count). The maximum absolute atomic E-state index is 5.38. The van der Waals surface area contributed by atoms with Gasteiger partial charge in [-0.3, -0.25) is 4.99 Å². The van der Waals surface area contributed by atoms with Crippen LogP contribution in [0, 0.1) is 5.92 Å². The highest BCUT2D eigenvalue weighted by Gasteiger charge is 2.07. The number of aliphatic imine (C=N–C) groups is 1. The molecule has 0 fully saturated rings. The van der Waals surface area contributed by atoms with Gasteiger partial charge in [-0.25, -0.2) is 0 Å². The Kier molecular flexibility index (Phi) is 10.3. The summed E-state index contributed by atoms with van der Waals surface area (Å²) < 4.78 is 10.7. The van der Waals surface area contributed by atoms with Crippen molar-refractivity contribution in [3.8, 4) is 5.75 Å². The minimum atomic E-state index is 0.510. The molecule has 2 N–H and O–H groups in total. The molecule has 0 amide bonds. The van der Waals surface area contributed by atoms with Crippen molar-refractivity contribution in [2.24, 2.45) is 10.9 Å². The van der Waals surface area contributed by atoms with Gasteiger partial charge < -0.3 is 20.1 Å². The molecule has 1 unspecified atom stereocenters.